The van der Waals surface area contributed by atoms with Gasteiger partial charge >= 0.3 is 5.97 Å². The summed E-state index contributed by atoms with van der Waals surface area (Å²) in [6.45, 7) is 5.14. The van der Waals surface area contributed by atoms with E-state index in [9.17, 15) is 13.2 Å². The number of halogens is 2. The molecule has 5 nitrogen and oxygen atoms in total. The highest BCUT2D eigenvalue weighted by Gasteiger charge is 2.20. The Hall–Kier alpha value is -0.700. The Kier molecular flexibility index (Phi) is 5.31. The molecule has 0 spiro atoms. The van der Waals surface area contributed by atoms with E-state index in [-0.39, 0.29) is 17.0 Å². The number of carboxylic acids is 1. The first-order chi connectivity index (χ1) is 8.65. The molecule has 0 aliphatic rings. The second kappa shape index (κ2) is 6.17. The van der Waals surface area contributed by atoms with Crippen LogP contribution in [0.4, 0.5) is 0 Å². The van der Waals surface area contributed by atoms with Crippen LogP contribution >= 0.6 is 31.9 Å². The summed E-state index contributed by atoms with van der Waals surface area (Å²) in [5, 5.41) is 8.95. The lowest BCUT2D eigenvalue weighted by Crippen LogP contribution is -2.26. The number of aromatic carboxylic acids is 1. The van der Waals surface area contributed by atoms with E-state index in [0.717, 1.165) is 6.07 Å². The van der Waals surface area contributed by atoms with Gasteiger partial charge in [0.15, 0.2) is 0 Å². The van der Waals surface area contributed by atoms with Gasteiger partial charge in [0.25, 0.3) is 0 Å². The highest BCUT2D eigenvalue weighted by Crippen LogP contribution is 2.26. The fourth-order valence-electron chi connectivity index (χ4n) is 1.31. The standard InChI is InChI=1S/C11H11Br2NO4S/c1-6(12)5-14-19(17,18)10-4-8(11(15)16)3-9(13)7(10)2/h3-4,14H,1,5H2,2H3,(H,15,16). The SMILES string of the molecule is C=C(Br)CNS(=O)(=O)c1cc(C(=O)O)cc(Br)c1C. The summed E-state index contributed by atoms with van der Waals surface area (Å²) in [5.74, 6) is -1.19. The summed E-state index contributed by atoms with van der Waals surface area (Å²) >= 11 is 6.20. The van der Waals surface area contributed by atoms with Gasteiger partial charge in [-0.25, -0.2) is 17.9 Å². The Morgan fingerprint density at radius 3 is 2.53 bits per heavy atom. The van der Waals surface area contributed by atoms with Crippen molar-refractivity contribution in [2.24, 2.45) is 0 Å². The van der Waals surface area contributed by atoms with Crippen molar-refractivity contribution in [2.45, 2.75) is 11.8 Å². The van der Waals surface area contributed by atoms with Crippen LogP contribution in [-0.2, 0) is 10.0 Å². The zero-order chi connectivity index (χ0) is 14.8. The van der Waals surface area contributed by atoms with E-state index in [4.69, 9.17) is 5.11 Å². The average Bonchev–Trinajstić information content (AvgIpc) is 2.29. The minimum absolute atomic E-state index is 0.0245. The van der Waals surface area contributed by atoms with Crippen molar-refractivity contribution in [3.05, 3.63) is 38.8 Å². The first-order valence-electron chi connectivity index (χ1n) is 5.01. The van der Waals surface area contributed by atoms with Crippen molar-refractivity contribution in [1.82, 2.24) is 4.72 Å². The van der Waals surface area contributed by atoms with Gasteiger partial charge in [0, 0.05) is 15.5 Å². The Balaban J connectivity index is 3.33. The van der Waals surface area contributed by atoms with E-state index in [1.165, 1.54) is 6.07 Å². The maximum absolute atomic E-state index is 12.1. The lowest BCUT2D eigenvalue weighted by Gasteiger charge is -2.11. The van der Waals surface area contributed by atoms with Crippen LogP contribution < -0.4 is 4.72 Å². The second-order valence-corrected chi connectivity index (χ2v) is 7.44. The van der Waals surface area contributed by atoms with E-state index in [1.807, 2.05) is 0 Å². The number of sulfonamides is 1. The third-order valence-electron chi connectivity index (χ3n) is 2.29. The molecule has 0 aromatic heterocycles. The van der Waals surface area contributed by atoms with E-state index < -0.39 is 16.0 Å². The van der Waals surface area contributed by atoms with Crippen molar-refractivity contribution >= 4 is 47.9 Å². The summed E-state index contributed by atoms with van der Waals surface area (Å²) in [7, 11) is -3.80. The highest BCUT2D eigenvalue weighted by atomic mass is 79.9. The van der Waals surface area contributed by atoms with Gasteiger partial charge in [-0.3, -0.25) is 0 Å². The van der Waals surface area contributed by atoms with Crippen molar-refractivity contribution in [3.63, 3.8) is 0 Å². The molecule has 0 radical (unpaired) electrons. The molecule has 8 heteroatoms. The lowest BCUT2D eigenvalue weighted by atomic mass is 10.1. The number of rotatable bonds is 5. The molecule has 1 aromatic rings. The minimum Gasteiger partial charge on any atom is -0.478 e. The molecular formula is C11H11Br2NO4S. The molecule has 0 unspecified atom stereocenters. The Labute approximate surface area is 128 Å². The normalized spacial score (nSPS) is 11.3. The molecule has 19 heavy (non-hydrogen) atoms. The molecule has 104 valence electrons. The lowest BCUT2D eigenvalue weighted by molar-refractivity contribution is 0.0696. The topological polar surface area (TPSA) is 83.5 Å². The fraction of sp³-hybridized carbons (Fsp3) is 0.182. The summed E-state index contributed by atoms with van der Waals surface area (Å²) in [6.07, 6.45) is 0. The molecule has 0 saturated carbocycles. The third kappa shape index (κ3) is 4.13. The summed E-state index contributed by atoms with van der Waals surface area (Å²) in [5.41, 5.74) is 0.341. The van der Waals surface area contributed by atoms with Crippen LogP contribution in [0.25, 0.3) is 0 Å². The summed E-state index contributed by atoms with van der Waals surface area (Å²) < 4.78 is 27.4. The van der Waals surface area contributed by atoms with E-state index in [2.05, 4.69) is 43.2 Å². The van der Waals surface area contributed by atoms with Gasteiger partial charge in [-0.2, -0.15) is 0 Å². The number of carboxylic acid groups (broad SMARTS) is 1. The molecule has 0 atom stereocenters. The van der Waals surface area contributed by atoms with Crippen LogP contribution in [0.5, 0.6) is 0 Å². The molecule has 2 N–H and O–H groups in total. The van der Waals surface area contributed by atoms with Gasteiger partial charge in [0.1, 0.15) is 0 Å². The molecule has 0 saturated heterocycles. The largest absolute Gasteiger partial charge is 0.478 e. The summed E-state index contributed by atoms with van der Waals surface area (Å²) in [6, 6.07) is 2.49. The number of benzene rings is 1. The first-order valence-corrected chi connectivity index (χ1v) is 8.08. The number of nitrogens with one attached hydrogen (secondary N) is 1. The Bertz CT molecular complexity index is 640. The predicted molar refractivity (Wildman–Crippen MR) is 79.1 cm³/mol. The Morgan fingerprint density at radius 2 is 2.05 bits per heavy atom. The van der Waals surface area contributed by atoms with Gasteiger partial charge in [0.05, 0.1) is 10.5 Å². The fourth-order valence-corrected chi connectivity index (χ4v) is 3.54. The molecule has 0 aliphatic heterocycles. The molecule has 0 heterocycles. The van der Waals surface area contributed by atoms with Gasteiger partial charge in [-0.05, 0) is 24.6 Å². The smallest absolute Gasteiger partial charge is 0.335 e. The summed E-state index contributed by atoms with van der Waals surface area (Å²) in [4.78, 5) is 10.9. The Morgan fingerprint density at radius 1 is 1.47 bits per heavy atom. The van der Waals surface area contributed by atoms with E-state index in [1.54, 1.807) is 6.92 Å². The molecule has 1 rings (SSSR count). The first kappa shape index (κ1) is 16.4. The third-order valence-corrected chi connectivity index (χ3v) is 4.92. The van der Waals surface area contributed by atoms with E-state index >= 15 is 0 Å². The van der Waals surface area contributed by atoms with Crippen LogP contribution in [-0.4, -0.2) is 26.0 Å². The number of hydrogen-bond acceptors (Lipinski definition) is 3. The second-order valence-electron chi connectivity index (χ2n) is 3.73. The van der Waals surface area contributed by atoms with Gasteiger partial charge in [-0.1, -0.05) is 38.4 Å². The molecule has 0 amide bonds. The molecule has 0 bridgehead atoms. The predicted octanol–water partition coefficient (Wildman–Crippen LogP) is 2.64. The zero-order valence-electron chi connectivity index (χ0n) is 9.91. The monoisotopic (exact) mass is 411 g/mol. The van der Waals surface area contributed by atoms with Gasteiger partial charge in [0.2, 0.25) is 10.0 Å². The van der Waals surface area contributed by atoms with E-state index in [0.29, 0.717) is 14.5 Å². The maximum Gasteiger partial charge on any atom is 0.335 e. The zero-order valence-corrected chi connectivity index (χ0v) is 13.9. The maximum atomic E-state index is 12.1. The van der Waals surface area contributed by atoms with Crippen LogP contribution in [0.3, 0.4) is 0 Å². The molecule has 0 aliphatic carbocycles. The average molecular weight is 413 g/mol. The van der Waals surface area contributed by atoms with Gasteiger partial charge in [-0.15, -0.1) is 0 Å². The van der Waals surface area contributed by atoms with Crippen molar-refractivity contribution in [2.75, 3.05) is 6.54 Å². The van der Waals surface area contributed by atoms with Crippen molar-refractivity contribution < 1.29 is 18.3 Å². The van der Waals surface area contributed by atoms with Crippen LogP contribution in [0.15, 0.2) is 32.6 Å². The minimum atomic E-state index is -3.80. The van der Waals surface area contributed by atoms with Crippen LogP contribution in [0, 0.1) is 6.92 Å². The van der Waals surface area contributed by atoms with Gasteiger partial charge < -0.3 is 5.11 Å². The molecule has 1 aromatic carbocycles. The molecule has 0 fully saturated rings. The number of hydrogen-bond donors (Lipinski definition) is 2. The van der Waals surface area contributed by atoms with Crippen LogP contribution in [0.1, 0.15) is 15.9 Å². The van der Waals surface area contributed by atoms with Crippen molar-refractivity contribution in [3.8, 4) is 0 Å². The highest BCUT2D eigenvalue weighted by molar-refractivity contribution is 9.11. The van der Waals surface area contributed by atoms with Crippen molar-refractivity contribution in [1.29, 1.82) is 0 Å². The quantitative estimate of drug-likeness (QED) is 0.778. The number of carbonyl (C=O) groups is 1. The molecular weight excluding hydrogens is 402 g/mol. The van der Waals surface area contributed by atoms with Crippen LogP contribution in [0.2, 0.25) is 0 Å².